The average Bonchev–Trinajstić information content (AvgIpc) is 2.57. The summed E-state index contributed by atoms with van der Waals surface area (Å²) >= 11 is 0. The van der Waals surface area contributed by atoms with Gasteiger partial charge in [-0.1, -0.05) is 6.07 Å². The van der Waals surface area contributed by atoms with E-state index < -0.39 is 15.8 Å². The highest BCUT2D eigenvalue weighted by Crippen LogP contribution is 2.24. The first-order valence-corrected chi connectivity index (χ1v) is 7.50. The number of aryl methyl sites for hydroxylation is 3. The van der Waals surface area contributed by atoms with Gasteiger partial charge >= 0.3 is 0 Å². The number of nitrogens with zero attached hydrogens (tertiary/aromatic N) is 2. The van der Waals surface area contributed by atoms with E-state index in [2.05, 4.69) is 9.82 Å². The molecule has 20 heavy (non-hydrogen) atoms. The lowest BCUT2D eigenvalue weighted by Crippen LogP contribution is -2.15. The molecule has 0 atom stereocenters. The summed E-state index contributed by atoms with van der Waals surface area (Å²) in [7, 11) is -2.20. The predicted molar refractivity (Wildman–Crippen MR) is 74.6 cm³/mol. The van der Waals surface area contributed by atoms with Crippen molar-refractivity contribution < 1.29 is 12.8 Å². The molecule has 5 nitrogen and oxygen atoms in total. The number of sulfonamides is 1. The molecule has 0 spiro atoms. The average molecular weight is 297 g/mol. The number of aromatic nitrogens is 2. The zero-order valence-corrected chi connectivity index (χ0v) is 12.5. The highest BCUT2D eigenvalue weighted by molar-refractivity contribution is 7.92. The number of halogens is 1. The van der Waals surface area contributed by atoms with Gasteiger partial charge in [-0.2, -0.15) is 5.10 Å². The summed E-state index contributed by atoms with van der Waals surface area (Å²) in [6.07, 6.45) is 0. The number of nitrogens with one attached hydrogen (secondary N) is 1. The van der Waals surface area contributed by atoms with Crippen LogP contribution in [0.3, 0.4) is 0 Å². The lowest BCUT2D eigenvalue weighted by molar-refractivity contribution is 0.597. The molecule has 0 amide bonds. The third kappa shape index (κ3) is 2.53. The zero-order valence-electron chi connectivity index (χ0n) is 11.7. The van der Waals surface area contributed by atoms with E-state index in [0.29, 0.717) is 11.4 Å². The molecule has 108 valence electrons. The molecule has 1 N–H and O–H groups in total. The maximum atomic E-state index is 13.8. The Hall–Kier alpha value is -1.89. The van der Waals surface area contributed by atoms with E-state index in [4.69, 9.17) is 0 Å². The molecular weight excluding hydrogens is 281 g/mol. The molecule has 0 aliphatic heterocycles. The minimum Gasteiger partial charge on any atom is -0.277 e. The predicted octanol–water partition coefficient (Wildman–Crippen LogP) is 2.29. The molecule has 1 heterocycles. The van der Waals surface area contributed by atoms with Gasteiger partial charge < -0.3 is 0 Å². The van der Waals surface area contributed by atoms with Gasteiger partial charge in [-0.15, -0.1) is 0 Å². The van der Waals surface area contributed by atoms with Gasteiger partial charge in [-0.3, -0.25) is 9.40 Å². The van der Waals surface area contributed by atoms with Crippen LogP contribution in [-0.4, -0.2) is 18.2 Å². The summed E-state index contributed by atoms with van der Waals surface area (Å²) in [5.74, 6) is -0.604. The maximum Gasteiger partial charge on any atom is 0.265 e. The minimum atomic E-state index is -3.86. The summed E-state index contributed by atoms with van der Waals surface area (Å²) in [5.41, 5.74) is 1.53. The van der Waals surface area contributed by atoms with Gasteiger partial charge in [0.25, 0.3) is 10.0 Å². The highest BCUT2D eigenvalue weighted by atomic mass is 32.2. The maximum absolute atomic E-state index is 13.8. The molecule has 0 unspecified atom stereocenters. The molecule has 1 aromatic carbocycles. The van der Waals surface area contributed by atoms with Crippen molar-refractivity contribution in [3.8, 4) is 0 Å². The van der Waals surface area contributed by atoms with E-state index in [1.165, 1.54) is 16.8 Å². The molecule has 7 heteroatoms. The molecule has 1 aromatic heterocycles. The van der Waals surface area contributed by atoms with Crippen LogP contribution in [0.5, 0.6) is 0 Å². The lowest BCUT2D eigenvalue weighted by atomic mass is 10.2. The van der Waals surface area contributed by atoms with Crippen LogP contribution in [0.15, 0.2) is 23.1 Å². The van der Waals surface area contributed by atoms with Crippen molar-refractivity contribution in [1.82, 2.24) is 9.78 Å². The first-order valence-electron chi connectivity index (χ1n) is 6.01. The second-order valence-corrected chi connectivity index (χ2v) is 6.33. The van der Waals surface area contributed by atoms with Gasteiger partial charge in [-0.05, 0) is 38.5 Å². The normalized spacial score (nSPS) is 11.7. The quantitative estimate of drug-likeness (QED) is 0.945. The molecule has 0 radical (unpaired) electrons. The summed E-state index contributed by atoms with van der Waals surface area (Å²) in [5, 5.41) is 4.06. The van der Waals surface area contributed by atoms with Gasteiger partial charge in [0.05, 0.1) is 17.1 Å². The Morgan fingerprint density at radius 1 is 1.25 bits per heavy atom. The Labute approximate surface area is 117 Å². The molecule has 0 bridgehead atoms. The van der Waals surface area contributed by atoms with Gasteiger partial charge in [0.2, 0.25) is 0 Å². The Morgan fingerprint density at radius 3 is 2.40 bits per heavy atom. The summed E-state index contributed by atoms with van der Waals surface area (Å²) < 4.78 is 42.2. The third-order valence-corrected chi connectivity index (χ3v) is 4.70. The van der Waals surface area contributed by atoms with Gasteiger partial charge in [0.1, 0.15) is 10.7 Å². The topological polar surface area (TPSA) is 64.0 Å². The van der Waals surface area contributed by atoms with Crippen LogP contribution in [-0.2, 0) is 17.1 Å². The van der Waals surface area contributed by atoms with Crippen LogP contribution in [0.1, 0.15) is 17.0 Å². The van der Waals surface area contributed by atoms with Crippen molar-refractivity contribution in [2.24, 2.45) is 7.05 Å². The highest BCUT2D eigenvalue weighted by Gasteiger charge is 2.24. The first kappa shape index (κ1) is 14.5. The fourth-order valence-corrected chi connectivity index (χ4v) is 3.55. The van der Waals surface area contributed by atoms with Gasteiger partial charge in [-0.25, -0.2) is 12.8 Å². The number of hydrogen-bond acceptors (Lipinski definition) is 3. The van der Waals surface area contributed by atoms with Crippen LogP contribution in [0.2, 0.25) is 0 Å². The second kappa shape index (κ2) is 4.90. The molecule has 2 rings (SSSR count). The standard InChI is InChI=1S/C13H16FN3O2S/c1-8-5-6-12(11(14)7-8)16-20(18,19)13-9(2)15-17(4)10(13)3/h5-7,16H,1-4H3. The van der Waals surface area contributed by atoms with Crippen molar-refractivity contribution in [3.63, 3.8) is 0 Å². The van der Waals surface area contributed by atoms with Crippen LogP contribution in [0.25, 0.3) is 0 Å². The molecule has 0 saturated carbocycles. The van der Waals surface area contributed by atoms with Crippen molar-refractivity contribution in [2.75, 3.05) is 4.72 Å². The number of rotatable bonds is 3. The number of hydrogen-bond donors (Lipinski definition) is 1. The van der Waals surface area contributed by atoms with Crippen molar-refractivity contribution >= 4 is 15.7 Å². The molecule has 0 aliphatic rings. The van der Waals surface area contributed by atoms with Gasteiger partial charge in [0.15, 0.2) is 0 Å². The van der Waals surface area contributed by atoms with E-state index in [1.54, 1.807) is 33.9 Å². The minimum absolute atomic E-state index is 0.0711. The molecular formula is C13H16FN3O2S. The molecule has 0 fully saturated rings. The molecule has 0 saturated heterocycles. The smallest absolute Gasteiger partial charge is 0.265 e. The largest absolute Gasteiger partial charge is 0.277 e. The van der Waals surface area contributed by atoms with E-state index >= 15 is 0 Å². The van der Waals surface area contributed by atoms with Crippen LogP contribution < -0.4 is 4.72 Å². The third-order valence-electron chi connectivity index (χ3n) is 3.08. The van der Waals surface area contributed by atoms with Crippen LogP contribution in [0.4, 0.5) is 10.1 Å². The lowest BCUT2D eigenvalue weighted by Gasteiger charge is -2.09. The number of benzene rings is 1. The van der Waals surface area contributed by atoms with Crippen molar-refractivity contribution in [2.45, 2.75) is 25.7 Å². The second-order valence-electron chi connectivity index (χ2n) is 4.71. The summed E-state index contributed by atoms with van der Waals surface area (Å²) in [6, 6.07) is 4.33. The fraction of sp³-hybridized carbons (Fsp3) is 0.308. The van der Waals surface area contributed by atoms with E-state index in [1.807, 2.05) is 0 Å². The summed E-state index contributed by atoms with van der Waals surface area (Å²) in [6.45, 7) is 4.99. The van der Waals surface area contributed by atoms with E-state index in [9.17, 15) is 12.8 Å². The fourth-order valence-electron chi connectivity index (χ4n) is 2.04. The van der Waals surface area contributed by atoms with Crippen LogP contribution >= 0.6 is 0 Å². The van der Waals surface area contributed by atoms with E-state index in [-0.39, 0.29) is 10.6 Å². The SMILES string of the molecule is Cc1ccc(NS(=O)(=O)c2c(C)nn(C)c2C)c(F)c1. The Morgan fingerprint density at radius 2 is 1.90 bits per heavy atom. The van der Waals surface area contributed by atoms with Gasteiger partial charge in [0, 0.05) is 7.05 Å². The molecule has 0 aliphatic carbocycles. The summed E-state index contributed by atoms with van der Waals surface area (Å²) in [4.78, 5) is 0.0833. The molecule has 2 aromatic rings. The van der Waals surface area contributed by atoms with Crippen LogP contribution in [0, 0.1) is 26.6 Å². The number of anilines is 1. The Balaban J connectivity index is 2.46. The van der Waals surface area contributed by atoms with E-state index in [0.717, 1.165) is 5.56 Å². The Bertz CT molecular complexity index is 766. The first-order chi connectivity index (χ1) is 9.22. The van der Waals surface area contributed by atoms with Crippen molar-refractivity contribution in [1.29, 1.82) is 0 Å². The monoisotopic (exact) mass is 297 g/mol. The zero-order chi connectivity index (χ0) is 15.1. The Kier molecular flexibility index (Phi) is 3.56. The van der Waals surface area contributed by atoms with Crippen molar-refractivity contribution in [3.05, 3.63) is 41.0 Å².